The Morgan fingerprint density at radius 3 is 2.38 bits per heavy atom. The highest BCUT2D eigenvalue weighted by Crippen LogP contribution is 2.24. The van der Waals surface area contributed by atoms with E-state index in [1.165, 1.54) is 16.0 Å². The standard InChI is InChI=1S/C18H19N3OS2/c22-18-19-17(20-21-18)13-23-11-4-12-24-16-9-7-15(8-10-16)14-5-2-1-3-6-14/h1-3,5-10H,4,11-13H2,(H2,19,20,21,22). The maximum absolute atomic E-state index is 10.9. The number of H-pyrrole nitrogens is 2. The Morgan fingerprint density at radius 1 is 0.917 bits per heavy atom. The van der Waals surface area contributed by atoms with Crippen LogP contribution in [0, 0.1) is 0 Å². The summed E-state index contributed by atoms with van der Waals surface area (Å²) in [5, 5.41) is 6.28. The fourth-order valence-electron chi connectivity index (χ4n) is 2.27. The third-order valence-corrected chi connectivity index (χ3v) is 5.61. The van der Waals surface area contributed by atoms with Gasteiger partial charge in [0, 0.05) is 4.90 Å². The van der Waals surface area contributed by atoms with Gasteiger partial charge in [-0.25, -0.2) is 9.89 Å². The number of thioether (sulfide) groups is 2. The fourth-order valence-corrected chi connectivity index (χ4v) is 4.13. The van der Waals surface area contributed by atoms with E-state index in [9.17, 15) is 4.79 Å². The molecule has 0 aliphatic heterocycles. The molecule has 3 aromatic rings. The molecule has 0 fully saturated rings. The van der Waals surface area contributed by atoms with Crippen molar-refractivity contribution in [2.75, 3.05) is 11.5 Å². The molecule has 0 saturated carbocycles. The van der Waals surface area contributed by atoms with Gasteiger partial charge in [-0.05, 0) is 41.2 Å². The van der Waals surface area contributed by atoms with Crippen molar-refractivity contribution in [1.29, 1.82) is 0 Å². The summed E-state index contributed by atoms with van der Waals surface area (Å²) in [6.45, 7) is 0. The number of hydrogen-bond donors (Lipinski definition) is 2. The molecule has 0 aliphatic rings. The van der Waals surface area contributed by atoms with Gasteiger partial charge in [0.05, 0.1) is 5.75 Å². The Balaban J connectivity index is 1.37. The third-order valence-electron chi connectivity index (χ3n) is 3.45. The Labute approximate surface area is 149 Å². The van der Waals surface area contributed by atoms with Crippen LogP contribution in [0.25, 0.3) is 11.1 Å². The monoisotopic (exact) mass is 357 g/mol. The molecule has 124 valence electrons. The Morgan fingerprint density at radius 2 is 1.67 bits per heavy atom. The second-order valence-corrected chi connectivity index (χ2v) is 7.54. The molecular formula is C18H19N3OS2. The molecule has 0 unspecified atom stereocenters. The number of rotatable bonds is 8. The van der Waals surface area contributed by atoms with Crippen LogP contribution >= 0.6 is 23.5 Å². The molecular weight excluding hydrogens is 338 g/mol. The largest absolute Gasteiger partial charge is 0.340 e. The molecule has 1 aromatic heterocycles. The van der Waals surface area contributed by atoms with Crippen molar-refractivity contribution in [2.24, 2.45) is 0 Å². The second-order valence-electron chi connectivity index (χ2n) is 5.27. The van der Waals surface area contributed by atoms with E-state index in [0.717, 1.165) is 23.7 Å². The minimum Gasteiger partial charge on any atom is -0.292 e. The van der Waals surface area contributed by atoms with Crippen LogP contribution in [-0.4, -0.2) is 26.7 Å². The average molecular weight is 358 g/mol. The van der Waals surface area contributed by atoms with Gasteiger partial charge in [-0.1, -0.05) is 42.5 Å². The number of benzene rings is 2. The summed E-state index contributed by atoms with van der Waals surface area (Å²) >= 11 is 3.67. The van der Waals surface area contributed by atoms with Crippen molar-refractivity contribution in [3.63, 3.8) is 0 Å². The van der Waals surface area contributed by atoms with E-state index in [1.807, 2.05) is 17.8 Å². The van der Waals surface area contributed by atoms with Gasteiger partial charge in [-0.2, -0.15) is 16.9 Å². The average Bonchev–Trinajstić information content (AvgIpc) is 3.04. The second kappa shape index (κ2) is 8.80. The summed E-state index contributed by atoms with van der Waals surface area (Å²) < 4.78 is 0. The lowest BCUT2D eigenvalue weighted by molar-refractivity contribution is 1.01. The number of aromatic amines is 2. The zero-order chi connectivity index (χ0) is 16.6. The smallest absolute Gasteiger partial charge is 0.292 e. The molecule has 0 atom stereocenters. The summed E-state index contributed by atoms with van der Waals surface area (Å²) in [5.41, 5.74) is 2.27. The zero-order valence-corrected chi connectivity index (χ0v) is 14.8. The molecule has 3 rings (SSSR count). The topological polar surface area (TPSA) is 61.5 Å². The number of hydrogen-bond acceptors (Lipinski definition) is 4. The van der Waals surface area contributed by atoms with Crippen LogP contribution < -0.4 is 5.69 Å². The number of nitrogens with one attached hydrogen (secondary N) is 2. The van der Waals surface area contributed by atoms with Crippen molar-refractivity contribution < 1.29 is 0 Å². The lowest BCUT2D eigenvalue weighted by Gasteiger charge is -2.04. The lowest BCUT2D eigenvalue weighted by Crippen LogP contribution is -2.00. The molecule has 0 saturated heterocycles. The van der Waals surface area contributed by atoms with E-state index < -0.39 is 0 Å². The molecule has 0 aliphatic carbocycles. The van der Waals surface area contributed by atoms with Gasteiger partial charge in [-0.3, -0.25) is 4.98 Å². The Kier molecular flexibility index (Phi) is 6.20. The summed E-state index contributed by atoms with van der Waals surface area (Å²) in [6.07, 6.45) is 1.13. The quantitative estimate of drug-likeness (QED) is 0.469. The SMILES string of the molecule is O=c1[nH]nc(CSCCCSc2ccc(-c3ccccc3)cc2)[nH]1. The van der Waals surface area contributed by atoms with Crippen LogP contribution in [0.5, 0.6) is 0 Å². The van der Waals surface area contributed by atoms with Crippen molar-refractivity contribution in [2.45, 2.75) is 17.1 Å². The highest BCUT2D eigenvalue weighted by Gasteiger charge is 2.00. The molecule has 0 amide bonds. The van der Waals surface area contributed by atoms with Gasteiger partial charge < -0.3 is 0 Å². The first-order valence-electron chi connectivity index (χ1n) is 7.81. The van der Waals surface area contributed by atoms with Crippen LogP contribution in [0.3, 0.4) is 0 Å². The van der Waals surface area contributed by atoms with E-state index in [4.69, 9.17) is 0 Å². The van der Waals surface area contributed by atoms with Gasteiger partial charge >= 0.3 is 5.69 Å². The molecule has 2 aromatic carbocycles. The van der Waals surface area contributed by atoms with E-state index in [1.54, 1.807) is 11.8 Å². The Bertz CT molecular complexity index is 797. The third kappa shape index (κ3) is 5.04. The predicted molar refractivity (Wildman–Crippen MR) is 103 cm³/mol. The molecule has 4 nitrogen and oxygen atoms in total. The minimum absolute atomic E-state index is 0.236. The Hall–Kier alpha value is -1.92. The van der Waals surface area contributed by atoms with E-state index in [2.05, 4.69) is 63.7 Å². The highest BCUT2D eigenvalue weighted by molar-refractivity contribution is 7.99. The summed E-state index contributed by atoms with van der Waals surface area (Å²) in [7, 11) is 0. The van der Waals surface area contributed by atoms with E-state index in [-0.39, 0.29) is 5.69 Å². The summed E-state index contributed by atoms with van der Waals surface area (Å²) in [6, 6.07) is 19.2. The maximum Gasteiger partial charge on any atom is 0.340 e. The summed E-state index contributed by atoms with van der Waals surface area (Å²) in [4.78, 5) is 14.9. The van der Waals surface area contributed by atoms with Crippen molar-refractivity contribution in [3.05, 3.63) is 70.9 Å². The van der Waals surface area contributed by atoms with Gasteiger partial charge in [0.1, 0.15) is 5.82 Å². The number of nitrogens with zero attached hydrogens (tertiary/aromatic N) is 1. The van der Waals surface area contributed by atoms with Crippen LogP contribution in [0.2, 0.25) is 0 Å². The minimum atomic E-state index is -0.236. The molecule has 1 heterocycles. The van der Waals surface area contributed by atoms with Crippen LogP contribution in [0.1, 0.15) is 12.2 Å². The van der Waals surface area contributed by atoms with Crippen LogP contribution in [0.4, 0.5) is 0 Å². The van der Waals surface area contributed by atoms with Gasteiger partial charge in [0.2, 0.25) is 0 Å². The van der Waals surface area contributed by atoms with Crippen LogP contribution in [-0.2, 0) is 5.75 Å². The molecule has 0 spiro atoms. The van der Waals surface area contributed by atoms with Gasteiger partial charge in [0.25, 0.3) is 0 Å². The van der Waals surface area contributed by atoms with Crippen LogP contribution in [0.15, 0.2) is 64.3 Å². The first kappa shape index (κ1) is 16.9. The van der Waals surface area contributed by atoms with Crippen molar-refractivity contribution in [3.8, 4) is 11.1 Å². The lowest BCUT2D eigenvalue weighted by atomic mass is 10.1. The molecule has 2 N–H and O–H groups in total. The number of aromatic nitrogens is 3. The van der Waals surface area contributed by atoms with Gasteiger partial charge in [-0.15, -0.1) is 11.8 Å². The van der Waals surface area contributed by atoms with E-state index in [0.29, 0.717) is 5.82 Å². The molecule has 0 bridgehead atoms. The maximum atomic E-state index is 10.9. The molecule has 24 heavy (non-hydrogen) atoms. The van der Waals surface area contributed by atoms with Crippen molar-refractivity contribution in [1.82, 2.24) is 15.2 Å². The van der Waals surface area contributed by atoms with E-state index >= 15 is 0 Å². The first-order valence-corrected chi connectivity index (χ1v) is 9.95. The first-order chi connectivity index (χ1) is 11.8. The zero-order valence-electron chi connectivity index (χ0n) is 13.2. The normalized spacial score (nSPS) is 10.8. The molecule has 0 radical (unpaired) electrons. The predicted octanol–water partition coefficient (Wildman–Crippen LogP) is 4.18. The fraction of sp³-hybridized carbons (Fsp3) is 0.222. The van der Waals surface area contributed by atoms with Gasteiger partial charge in [0.15, 0.2) is 0 Å². The highest BCUT2D eigenvalue weighted by atomic mass is 32.2. The van der Waals surface area contributed by atoms with Crippen molar-refractivity contribution >= 4 is 23.5 Å². The summed E-state index contributed by atoms with van der Waals surface area (Å²) in [5.74, 6) is 3.61. The molecule has 6 heteroatoms.